The number of rotatable bonds is 4. The molecule has 1 aromatic rings. The predicted molar refractivity (Wildman–Crippen MR) is 66.7 cm³/mol. The van der Waals surface area contributed by atoms with Gasteiger partial charge in [-0.2, -0.15) is 5.10 Å². The Morgan fingerprint density at radius 1 is 1.61 bits per heavy atom. The van der Waals surface area contributed by atoms with E-state index >= 15 is 0 Å². The maximum atomic E-state index is 10.8. The van der Waals surface area contributed by atoms with Crippen molar-refractivity contribution < 1.29 is 15.0 Å². The Morgan fingerprint density at radius 2 is 2.22 bits per heavy atom. The fraction of sp³-hybridized carbons (Fsp3) is 0.667. The highest BCUT2D eigenvalue weighted by atomic mass is 35.5. The molecular weight excluding hydrogens is 256 g/mol. The van der Waals surface area contributed by atoms with Crippen molar-refractivity contribution in [1.29, 1.82) is 0 Å². The van der Waals surface area contributed by atoms with Crippen molar-refractivity contribution in [3.63, 3.8) is 0 Å². The van der Waals surface area contributed by atoms with Crippen LogP contribution in [0.4, 0.5) is 0 Å². The summed E-state index contributed by atoms with van der Waals surface area (Å²) in [5.41, 5.74) is 0.584. The monoisotopic (exact) mass is 272 g/mol. The first-order chi connectivity index (χ1) is 8.36. The van der Waals surface area contributed by atoms with Crippen molar-refractivity contribution in [2.24, 2.45) is 5.92 Å². The van der Waals surface area contributed by atoms with Crippen molar-refractivity contribution in [1.82, 2.24) is 9.78 Å². The molecule has 0 bridgehead atoms. The summed E-state index contributed by atoms with van der Waals surface area (Å²) in [4.78, 5) is 10.8. The van der Waals surface area contributed by atoms with Crippen LogP contribution in [0.25, 0.3) is 0 Å². The number of hydrogen-bond donors (Lipinski definition) is 2. The number of nitrogens with zero attached hydrogens (tertiary/aromatic N) is 2. The second-order valence-electron chi connectivity index (χ2n) is 5.01. The lowest BCUT2D eigenvalue weighted by Crippen LogP contribution is -2.48. The Hall–Kier alpha value is -1.07. The van der Waals surface area contributed by atoms with Gasteiger partial charge in [-0.25, -0.2) is 0 Å². The fourth-order valence-electron chi connectivity index (χ4n) is 2.53. The standard InChI is InChI=1S/C12H17ClN2O3/c1-3-15-9(10(13)7(2)14-15)6-12(18)4-8(5-12)11(16)17/h8,18H,3-6H2,1-2H3,(H,16,17). The molecule has 0 saturated heterocycles. The molecule has 1 aromatic heterocycles. The number of carboxylic acid groups (broad SMARTS) is 1. The third-order valence-corrected chi connectivity index (χ3v) is 4.04. The SMILES string of the molecule is CCn1nc(C)c(Cl)c1CC1(O)CC(C(=O)O)C1. The van der Waals surface area contributed by atoms with E-state index in [1.54, 1.807) is 4.68 Å². The highest BCUT2D eigenvalue weighted by Crippen LogP contribution is 2.41. The number of carbonyl (C=O) groups is 1. The van der Waals surface area contributed by atoms with Crippen LogP contribution in [-0.4, -0.2) is 31.6 Å². The molecular formula is C12H17ClN2O3. The van der Waals surface area contributed by atoms with Gasteiger partial charge < -0.3 is 10.2 Å². The van der Waals surface area contributed by atoms with E-state index in [1.807, 2.05) is 13.8 Å². The van der Waals surface area contributed by atoms with Gasteiger partial charge in [0.15, 0.2) is 0 Å². The van der Waals surface area contributed by atoms with Crippen molar-refractivity contribution in [3.8, 4) is 0 Å². The van der Waals surface area contributed by atoms with Crippen LogP contribution in [0.5, 0.6) is 0 Å². The molecule has 5 nitrogen and oxygen atoms in total. The van der Waals surface area contributed by atoms with Crippen LogP contribution in [0.2, 0.25) is 5.02 Å². The molecule has 0 radical (unpaired) electrons. The number of aliphatic hydroxyl groups is 1. The number of halogens is 1. The third-order valence-electron chi connectivity index (χ3n) is 3.55. The Morgan fingerprint density at radius 3 is 2.72 bits per heavy atom. The summed E-state index contributed by atoms with van der Waals surface area (Å²) in [6, 6.07) is 0. The van der Waals surface area contributed by atoms with Crippen LogP contribution in [0.1, 0.15) is 31.2 Å². The summed E-state index contributed by atoms with van der Waals surface area (Å²) < 4.78 is 1.77. The van der Waals surface area contributed by atoms with Crippen molar-refractivity contribution in [2.45, 2.75) is 45.3 Å². The molecule has 1 fully saturated rings. The highest BCUT2D eigenvalue weighted by Gasteiger charge is 2.47. The molecule has 2 rings (SSSR count). The molecule has 1 saturated carbocycles. The van der Waals surface area contributed by atoms with Crippen molar-refractivity contribution in [3.05, 3.63) is 16.4 Å². The van der Waals surface area contributed by atoms with Gasteiger partial charge in [0.25, 0.3) is 0 Å². The summed E-state index contributed by atoms with van der Waals surface area (Å²) in [5.74, 6) is -1.28. The van der Waals surface area contributed by atoms with E-state index in [0.29, 0.717) is 18.0 Å². The van der Waals surface area contributed by atoms with Crippen molar-refractivity contribution >= 4 is 17.6 Å². The molecule has 0 unspecified atom stereocenters. The Bertz CT molecular complexity index is 478. The zero-order chi connectivity index (χ0) is 13.5. The van der Waals surface area contributed by atoms with Gasteiger partial charge in [0.1, 0.15) is 0 Å². The number of aromatic nitrogens is 2. The molecule has 1 aliphatic carbocycles. The normalized spacial score (nSPS) is 27.0. The smallest absolute Gasteiger partial charge is 0.306 e. The molecule has 0 aromatic carbocycles. The summed E-state index contributed by atoms with van der Waals surface area (Å²) in [6.45, 7) is 4.46. The van der Waals surface area contributed by atoms with Gasteiger partial charge in [0, 0.05) is 13.0 Å². The highest BCUT2D eigenvalue weighted by molar-refractivity contribution is 6.31. The van der Waals surface area contributed by atoms with Crippen LogP contribution in [-0.2, 0) is 17.8 Å². The average Bonchev–Trinajstić information content (AvgIpc) is 2.53. The lowest BCUT2D eigenvalue weighted by atomic mass is 9.69. The lowest BCUT2D eigenvalue weighted by Gasteiger charge is -2.41. The number of aryl methyl sites for hydroxylation is 2. The second kappa shape index (κ2) is 4.55. The van der Waals surface area contributed by atoms with Gasteiger partial charge in [-0.15, -0.1) is 0 Å². The molecule has 18 heavy (non-hydrogen) atoms. The van der Waals surface area contributed by atoms with Crippen LogP contribution >= 0.6 is 11.6 Å². The predicted octanol–water partition coefficient (Wildman–Crippen LogP) is 1.63. The summed E-state index contributed by atoms with van der Waals surface area (Å²) in [6.07, 6.45) is 0.934. The molecule has 6 heteroatoms. The van der Waals surface area contributed by atoms with Gasteiger partial charge in [-0.1, -0.05) is 11.6 Å². The topological polar surface area (TPSA) is 75.3 Å². The van der Waals surface area contributed by atoms with Crippen LogP contribution in [0.15, 0.2) is 0 Å². The minimum Gasteiger partial charge on any atom is -0.481 e. The van der Waals surface area contributed by atoms with E-state index in [9.17, 15) is 9.90 Å². The average molecular weight is 273 g/mol. The number of aliphatic carboxylic acids is 1. The largest absolute Gasteiger partial charge is 0.481 e. The minimum absolute atomic E-state index is 0.284. The first-order valence-corrected chi connectivity index (χ1v) is 6.41. The number of carboxylic acids is 1. The van der Waals surface area contributed by atoms with Gasteiger partial charge in [-0.05, 0) is 26.7 Å². The molecule has 0 spiro atoms. The van der Waals surface area contributed by atoms with E-state index in [1.165, 1.54) is 0 Å². The molecule has 0 atom stereocenters. The van der Waals surface area contributed by atoms with E-state index in [0.717, 1.165) is 11.4 Å². The lowest BCUT2D eigenvalue weighted by molar-refractivity contribution is -0.158. The van der Waals surface area contributed by atoms with Crippen LogP contribution in [0.3, 0.4) is 0 Å². The third kappa shape index (κ3) is 2.24. The van der Waals surface area contributed by atoms with Crippen LogP contribution < -0.4 is 0 Å². The Kier molecular flexibility index (Phi) is 3.38. The van der Waals surface area contributed by atoms with E-state index in [2.05, 4.69) is 5.10 Å². The van der Waals surface area contributed by atoms with Gasteiger partial charge in [0.2, 0.25) is 0 Å². The quantitative estimate of drug-likeness (QED) is 0.874. The summed E-state index contributed by atoms with van der Waals surface area (Å²) in [5, 5.41) is 24.0. The van der Waals surface area contributed by atoms with Gasteiger partial charge in [0.05, 0.1) is 27.9 Å². The fourth-order valence-corrected chi connectivity index (χ4v) is 2.73. The molecule has 100 valence electrons. The maximum Gasteiger partial charge on any atom is 0.306 e. The van der Waals surface area contributed by atoms with E-state index in [-0.39, 0.29) is 12.8 Å². The summed E-state index contributed by atoms with van der Waals surface area (Å²) in [7, 11) is 0. The zero-order valence-electron chi connectivity index (χ0n) is 10.5. The molecule has 1 heterocycles. The minimum atomic E-state index is -0.952. The molecule has 0 aliphatic heterocycles. The molecule has 1 aliphatic rings. The molecule has 2 N–H and O–H groups in total. The van der Waals surface area contributed by atoms with Gasteiger partial charge in [-0.3, -0.25) is 9.48 Å². The Labute approximate surface area is 110 Å². The van der Waals surface area contributed by atoms with Gasteiger partial charge >= 0.3 is 5.97 Å². The summed E-state index contributed by atoms with van der Waals surface area (Å²) >= 11 is 6.17. The van der Waals surface area contributed by atoms with E-state index in [4.69, 9.17) is 16.7 Å². The maximum absolute atomic E-state index is 10.8. The molecule has 0 amide bonds. The Balaban J connectivity index is 2.13. The number of hydrogen-bond acceptors (Lipinski definition) is 3. The van der Waals surface area contributed by atoms with Crippen LogP contribution in [0, 0.1) is 12.8 Å². The first-order valence-electron chi connectivity index (χ1n) is 6.03. The van der Waals surface area contributed by atoms with E-state index < -0.39 is 17.5 Å². The second-order valence-corrected chi connectivity index (χ2v) is 5.38. The van der Waals surface area contributed by atoms with Crippen molar-refractivity contribution in [2.75, 3.05) is 0 Å². The zero-order valence-corrected chi connectivity index (χ0v) is 11.2. The first kappa shape index (κ1) is 13.4.